The molecular weight excluding hydrogens is 176 g/mol. The van der Waals surface area contributed by atoms with E-state index >= 15 is 0 Å². The molecule has 14 heavy (non-hydrogen) atoms. The van der Waals surface area contributed by atoms with E-state index in [1.165, 1.54) is 12.8 Å². The Morgan fingerprint density at radius 3 is 2.29 bits per heavy atom. The van der Waals surface area contributed by atoms with Gasteiger partial charge >= 0.3 is 0 Å². The van der Waals surface area contributed by atoms with E-state index in [0.29, 0.717) is 0 Å². The molecule has 0 heterocycles. The highest BCUT2D eigenvalue weighted by Crippen LogP contribution is 2.39. The lowest BCUT2D eigenvalue weighted by molar-refractivity contribution is -0.131. The maximum atomic E-state index is 11.6. The molecule has 1 fully saturated rings. The van der Waals surface area contributed by atoms with Crippen LogP contribution in [0.1, 0.15) is 33.6 Å². The van der Waals surface area contributed by atoms with Gasteiger partial charge in [-0.1, -0.05) is 0 Å². The number of carbonyl (C=O) groups excluding carboxylic acids is 1. The summed E-state index contributed by atoms with van der Waals surface area (Å²) in [6.07, 6.45) is 2.59. The van der Waals surface area contributed by atoms with Crippen molar-refractivity contribution in [2.75, 3.05) is 14.1 Å². The summed E-state index contributed by atoms with van der Waals surface area (Å²) in [5.41, 5.74) is 0.102. The third kappa shape index (κ3) is 2.71. The summed E-state index contributed by atoms with van der Waals surface area (Å²) < 4.78 is 0. The molecule has 0 spiro atoms. The number of hydrogen-bond acceptors (Lipinski definition) is 2. The number of carbonyl (C=O) groups is 1. The molecule has 0 aromatic carbocycles. The van der Waals surface area contributed by atoms with E-state index in [1.807, 2.05) is 6.92 Å². The predicted octanol–water partition coefficient (Wildman–Crippen LogP) is 1.24. The molecule has 1 saturated carbocycles. The molecule has 3 nitrogen and oxygen atoms in total. The van der Waals surface area contributed by atoms with Gasteiger partial charge in [0.25, 0.3) is 0 Å². The van der Waals surface area contributed by atoms with Crippen LogP contribution in [-0.2, 0) is 4.79 Å². The van der Waals surface area contributed by atoms with Gasteiger partial charge in [0, 0.05) is 19.6 Å². The van der Waals surface area contributed by atoms with Crippen LogP contribution in [-0.4, -0.2) is 36.5 Å². The van der Waals surface area contributed by atoms with Crippen molar-refractivity contribution >= 4 is 5.91 Å². The molecule has 3 heteroatoms. The van der Waals surface area contributed by atoms with E-state index in [4.69, 9.17) is 0 Å². The molecule has 0 radical (unpaired) electrons. The summed E-state index contributed by atoms with van der Waals surface area (Å²) in [5.74, 6) is 0.902. The lowest BCUT2D eigenvalue weighted by Gasteiger charge is -2.31. The highest BCUT2D eigenvalue weighted by atomic mass is 16.2. The summed E-state index contributed by atoms with van der Waals surface area (Å²) in [4.78, 5) is 13.3. The van der Waals surface area contributed by atoms with Gasteiger partial charge < -0.3 is 10.2 Å². The second kappa shape index (κ2) is 3.89. The van der Waals surface area contributed by atoms with Crippen LogP contribution >= 0.6 is 0 Å². The largest absolute Gasteiger partial charge is 0.347 e. The Morgan fingerprint density at radius 2 is 1.93 bits per heavy atom. The first kappa shape index (κ1) is 11.5. The monoisotopic (exact) mass is 198 g/mol. The number of hydrogen-bond donors (Lipinski definition) is 1. The second-order valence-corrected chi connectivity index (χ2v) is 5.09. The van der Waals surface area contributed by atoms with E-state index in [9.17, 15) is 4.79 Å². The van der Waals surface area contributed by atoms with Gasteiger partial charge in [-0.3, -0.25) is 4.79 Å². The van der Waals surface area contributed by atoms with E-state index in [-0.39, 0.29) is 17.5 Å². The van der Waals surface area contributed by atoms with Crippen molar-refractivity contribution in [2.45, 2.75) is 45.2 Å². The fourth-order valence-electron chi connectivity index (χ4n) is 1.93. The van der Waals surface area contributed by atoms with Crippen molar-refractivity contribution in [1.29, 1.82) is 0 Å². The Labute approximate surface area is 86.9 Å². The summed E-state index contributed by atoms with van der Waals surface area (Å²) >= 11 is 0. The van der Waals surface area contributed by atoms with Crippen molar-refractivity contribution in [3.8, 4) is 0 Å². The SMILES string of the molecule is CC(NC(C)(C)C1CC1)C(=O)N(C)C. The highest BCUT2D eigenvalue weighted by molar-refractivity contribution is 5.81. The molecule has 0 aromatic heterocycles. The Balaban J connectivity index is 2.46. The van der Waals surface area contributed by atoms with Gasteiger partial charge in [-0.2, -0.15) is 0 Å². The zero-order valence-corrected chi connectivity index (χ0v) is 9.92. The normalized spacial score (nSPS) is 19.2. The predicted molar refractivity (Wildman–Crippen MR) is 58.1 cm³/mol. The van der Waals surface area contributed by atoms with Crippen molar-refractivity contribution in [1.82, 2.24) is 10.2 Å². The van der Waals surface area contributed by atoms with E-state index < -0.39 is 0 Å². The first-order valence-electron chi connectivity index (χ1n) is 5.33. The zero-order valence-electron chi connectivity index (χ0n) is 9.92. The molecule has 1 aliphatic rings. The minimum Gasteiger partial charge on any atom is -0.347 e. The lowest BCUT2D eigenvalue weighted by atomic mass is 9.97. The van der Waals surface area contributed by atoms with Crippen LogP contribution in [0.5, 0.6) is 0 Å². The van der Waals surface area contributed by atoms with Gasteiger partial charge in [-0.15, -0.1) is 0 Å². The molecule has 1 unspecified atom stereocenters. The summed E-state index contributed by atoms with van der Waals surface area (Å²) in [6, 6.07) is -0.0828. The van der Waals surface area contributed by atoms with Crippen LogP contribution in [0, 0.1) is 5.92 Å². The average molecular weight is 198 g/mol. The molecule has 0 aliphatic heterocycles. The van der Waals surface area contributed by atoms with Crippen LogP contribution in [0.3, 0.4) is 0 Å². The number of nitrogens with zero attached hydrogens (tertiary/aromatic N) is 1. The van der Waals surface area contributed by atoms with Crippen LogP contribution in [0.15, 0.2) is 0 Å². The Hall–Kier alpha value is -0.570. The van der Waals surface area contributed by atoms with Gasteiger partial charge in [0.2, 0.25) is 5.91 Å². The second-order valence-electron chi connectivity index (χ2n) is 5.09. The number of rotatable bonds is 4. The smallest absolute Gasteiger partial charge is 0.238 e. The van der Waals surface area contributed by atoms with Crippen LogP contribution in [0.2, 0.25) is 0 Å². The molecule has 1 amide bonds. The van der Waals surface area contributed by atoms with Crippen molar-refractivity contribution in [3.63, 3.8) is 0 Å². The van der Waals surface area contributed by atoms with Gasteiger partial charge in [0.1, 0.15) is 0 Å². The van der Waals surface area contributed by atoms with Gasteiger partial charge in [0.05, 0.1) is 6.04 Å². The molecule has 1 aliphatic carbocycles. The maximum Gasteiger partial charge on any atom is 0.238 e. The molecule has 1 rings (SSSR count). The van der Waals surface area contributed by atoms with Gasteiger partial charge in [-0.05, 0) is 39.5 Å². The molecular formula is C11H22N2O. The van der Waals surface area contributed by atoms with Crippen LogP contribution in [0.4, 0.5) is 0 Å². The lowest BCUT2D eigenvalue weighted by Crippen LogP contribution is -2.52. The number of likely N-dealkylation sites (N-methyl/N-ethyl adjacent to an activating group) is 1. The summed E-state index contributed by atoms with van der Waals surface area (Å²) in [6.45, 7) is 6.31. The maximum absolute atomic E-state index is 11.6. The van der Waals surface area contributed by atoms with Gasteiger partial charge in [0.15, 0.2) is 0 Å². The molecule has 0 saturated heterocycles. The third-order valence-corrected chi connectivity index (χ3v) is 3.00. The Bertz CT molecular complexity index is 219. The molecule has 1 atom stereocenters. The molecule has 1 N–H and O–H groups in total. The van der Waals surface area contributed by atoms with E-state index in [2.05, 4.69) is 19.2 Å². The average Bonchev–Trinajstić information content (AvgIpc) is 2.83. The van der Waals surface area contributed by atoms with Crippen LogP contribution < -0.4 is 5.32 Å². The van der Waals surface area contributed by atoms with Crippen molar-refractivity contribution in [3.05, 3.63) is 0 Å². The minimum absolute atomic E-state index is 0.0828. The Kier molecular flexibility index (Phi) is 3.20. The number of amides is 1. The molecule has 0 aromatic rings. The quantitative estimate of drug-likeness (QED) is 0.737. The number of nitrogens with one attached hydrogen (secondary N) is 1. The topological polar surface area (TPSA) is 32.3 Å². The minimum atomic E-state index is -0.0828. The summed E-state index contributed by atoms with van der Waals surface area (Å²) in [5, 5.41) is 3.41. The first-order chi connectivity index (χ1) is 6.34. The zero-order chi connectivity index (χ0) is 10.9. The van der Waals surface area contributed by atoms with Crippen molar-refractivity contribution in [2.24, 2.45) is 5.92 Å². The summed E-state index contributed by atoms with van der Waals surface area (Å²) in [7, 11) is 3.59. The van der Waals surface area contributed by atoms with Crippen LogP contribution in [0.25, 0.3) is 0 Å². The fraction of sp³-hybridized carbons (Fsp3) is 0.909. The standard InChI is InChI=1S/C11H22N2O/c1-8(10(14)13(4)5)12-11(2,3)9-6-7-9/h8-9,12H,6-7H2,1-5H3. The highest BCUT2D eigenvalue weighted by Gasteiger charge is 2.39. The van der Waals surface area contributed by atoms with E-state index in [1.54, 1.807) is 19.0 Å². The van der Waals surface area contributed by atoms with Gasteiger partial charge in [-0.25, -0.2) is 0 Å². The third-order valence-electron chi connectivity index (χ3n) is 3.00. The Morgan fingerprint density at radius 1 is 1.43 bits per heavy atom. The first-order valence-corrected chi connectivity index (χ1v) is 5.33. The van der Waals surface area contributed by atoms with Crippen molar-refractivity contribution < 1.29 is 4.79 Å². The fourth-order valence-corrected chi connectivity index (χ4v) is 1.93. The molecule has 0 bridgehead atoms. The molecule has 82 valence electrons. The van der Waals surface area contributed by atoms with E-state index in [0.717, 1.165) is 5.92 Å².